The van der Waals surface area contributed by atoms with Crippen LogP contribution in [0.1, 0.15) is 38.3 Å². The minimum absolute atomic E-state index is 0.0150. The fourth-order valence-corrected chi connectivity index (χ4v) is 7.57. The summed E-state index contributed by atoms with van der Waals surface area (Å²) in [6, 6.07) is 11.2. The van der Waals surface area contributed by atoms with Crippen molar-refractivity contribution in [3.63, 3.8) is 0 Å². The third-order valence-electron chi connectivity index (χ3n) is 8.98. The van der Waals surface area contributed by atoms with Crippen molar-refractivity contribution >= 4 is 38.4 Å². The molecule has 0 saturated carbocycles. The van der Waals surface area contributed by atoms with E-state index in [1.54, 1.807) is 4.90 Å². The quantitative estimate of drug-likeness (QED) is 0.181. The topological polar surface area (TPSA) is 98.3 Å². The van der Waals surface area contributed by atoms with Gasteiger partial charge in [-0.2, -0.15) is 5.10 Å². The second-order valence-corrected chi connectivity index (χ2v) is 13.2. The Morgan fingerprint density at radius 2 is 1.94 bits per heavy atom. The number of halogens is 2. The summed E-state index contributed by atoms with van der Waals surface area (Å²) in [6.45, 7) is 11.3. The summed E-state index contributed by atoms with van der Waals surface area (Å²) in [4.78, 5) is 24.5. The Bertz CT molecular complexity index is 2250. The molecule has 7 rings (SSSR count). The average Bonchev–Trinajstić information content (AvgIpc) is 3.77. The van der Waals surface area contributed by atoms with Gasteiger partial charge in [-0.1, -0.05) is 12.6 Å². The number of nitrogens with zero attached hydrogens (tertiary/aromatic N) is 6. The number of aliphatic hydroxyl groups is 1. The van der Waals surface area contributed by atoms with Gasteiger partial charge >= 0.3 is 0 Å². The van der Waals surface area contributed by atoms with E-state index < -0.39 is 17.7 Å². The van der Waals surface area contributed by atoms with Crippen molar-refractivity contribution in [2.75, 3.05) is 6.61 Å². The van der Waals surface area contributed by atoms with Gasteiger partial charge in [-0.15, -0.1) is 11.3 Å². The molecule has 0 aliphatic carbocycles. The number of fused-ring (bicyclic) bond motifs is 3. The third-order valence-corrected chi connectivity index (χ3v) is 9.90. The molecule has 1 N–H and O–H groups in total. The summed E-state index contributed by atoms with van der Waals surface area (Å²) in [5.74, 6) is -1.01. The number of benzene rings is 2. The molecule has 48 heavy (non-hydrogen) atoms. The number of imidazole rings is 1. The summed E-state index contributed by atoms with van der Waals surface area (Å²) in [5, 5.41) is 17.5. The van der Waals surface area contributed by atoms with Crippen molar-refractivity contribution in [3.8, 4) is 39.5 Å². The van der Waals surface area contributed by atoms with Crippen LogP contribution in [0.5, 0.6) is 5.75 Å². The van der Waals surface area contributed by atoms with Gasteiger partial charge in [-0.25, -0.2) is 18.7 Å². The first kappa shape index (κ1) is 31.6. The second-order valence-electron chi connectivity index (χ2n) is 12.3. The lowest BCUT2D eigenvalue weighted by molar-refractivity contribution is -0.131. The van der Waals surface area contributed by atoms with Gasteiger partial charge < -0.3 is 19.3 Å². The Morgan fingerprint density at radius 3 is 2.69 bits per heavy atom. The largest absolute Gasteiger partial charge is 0.490 e. The summed E-state index contributed by atoms with van der Waals surface area (Å²) < 4.78 is 41.3. The van der Waals surface area contributed by atoms with Gasteiger partial charge in [0, 0.05) is 41.7 Å². The first-order valence-electron chi connectivity index (χ1n) is 15.6. The van der Waals surface area contributed by atoms with Crippen LogP contribution in [0.25, 0.3) is 54.9 Å². The molecule has 1 aliphatic heterocycles. The number of amides is 1. The maximum absolute atomic E-state index is 16.1. The normalized spacial score (nSPS) is 16.8. The van der Waals surface area contributed by atoms with Crippen molar-refractivity contribution in [1.29, 1.82) is 0 Å². The van der Waals surface area contributed by atoms with Gasteiger partial charge in [0.15, 0.2) is 0 Å². The van der Waals surface area contributed by atoms with Crippen LogP contribution in [-0.2, 0) is 18.4 Å². The van der Waals surface area contributed by atoms with E-state index in [9.17, 15) is 14.3 Å². The number of carbonyl (C=O) groups is 1. The molecule has 6 aromatic rings. The van der Waals surface area contributed by atoms with E-state index in [0.717, 1.165) is 44.9 Å². The molecule has 1 amide bonds. The number of hydrogen-bond donors (Lipinski definition) is 1. The molecule has 246 valence electrons. The van der Waals surface area contributed by atoms with Crippen LogP contribution in [-0.4, -0.2) is 59.0 Å². The highest BCUT2D eigenvalue weighted by Crippen LogP contribution is 2.47. The van der Waals surface area contributed by atoms with Gasteiger partial charge in [-0.05, 0) is 63.4 Å². The number of carbonyl (C=O) groups excluding carboxylic acids is 1. The van der Waals surface area contributed by atoms with Crippen molar-refractivity contribution in [1.82, 2.24) is 29.2 Å². The Balaban J connectivity index is 1.52. The molecule has 12 heteroatoms. The number of aliphatic hydroxyl groups excluding tert-OH is 1. The SMILES string of the molecule is C=CC(=O)N1[C@H](C)Cn2nc(-c3nc(-c4ccc5c(c4)nc(C)n5C)c4sccc4c3-c3c(F)cc(F)cc3OC[C@@H](C)O)cc2[C@@H]1C. The van der Waals surface area contributed by atoms with Crippen LogP contribution < -0.4 is 4.74 Å². The van der Waals surface area contributed by atoms with E-state index in [-0.39, 0.29) is 35.9 Å². The number of thiophene rings is 1. The van der Waals surface area contributed by atoms with Gasteiger partial charge in [0.05, 0.1) is 51.4 Å². The molecule has 4 aromatic heterocycles. The zero-order chi connectivity index (χ0) is 34.0. The molecule has 5 heterocycles. The zero-order valence-corrected chi connectivity index (χ0v) is 28.0. The molecule has 0 spiro atoms. The smallest absolute Gasteiger partial charge is 0.246 e. The van der Waals surface area contributed by atoms with Crippen LogP contribution in [0.3, 0.4) is 0 Å². The summed E-state index contributed by atoms with van der Waals surface area (Å²) in [6.07, 6.45) is 0.433. The number of hydrogen-bond acceptors (Lipinski definition) is 7. The predicted octanol–water partition coefficient (Wildman–Crippen LogP) is 7.20. The number of pyridine rings is 1. The highest BCUT2D eigenvalue weighted by molar-refractivity contribution is 7.17. The lowest BCUT2D eigenvalue weighted by Gasteiger charge is -2.38. The zero-order valence-electron chi connectivity index (χ0n) is 27.2. The van der Waals surface area contributed by atoms with Gasteiger partial charge in [0.25, 0.3) is 0 Å². The molecular formula is C36H34F2N6O3S. The fourth-order valence-electron chi connectivity index (χ4n) is 6.66. The minimum Gasteiger partial charge on any atom is -0.490 e. The van der Waals surface area contributed by atoms with Crippen LogP contribution in [0.15, 0.2) is 60.5 Å². The molecule has 0 saturated heterocycles. The molecule has 2 aromatic carbocycles. The third kappa shape index (κ3) is 5.15. The molecule has 0 unspecified atom stereocenters. The van der Waals surface area contributed by atoms with Gasteiger partial charge in [-0.3, -0.25) is 9.48 Å². The maximum Gasteiger partial charge on any atom is 0.246 e. The first-order valence-corrected chi connectivity index (χ1v) is 16.5. The van der Waals surface area contributed by atoms with Crippen molar-refractivity contribution in [2.45, 2.75) is 52.4 Å². The molecule has 0 bridgehead atoms. The van der Waals surface area contributed by atoms with Crippen LogP contribution in [0, 0.1) is 18.6 Å². The maximum atomic E-state index is 16.1. The van der Waals surface area contributed by atoms with Crippen LogP contribution in [0.4, 0.5) is 8.78 Å². The standard InChI is InChI=1S/C36H34F2N6O3S/c1-7-31(46)44-18(2)16-43-29(20(44)4)15-27(41-43)35-32(33-25(38)13-23(37)14-30(33)47-17-19(3)45)24-10-11-48-36(24)34(40-35)22-8-9-28-26(12-22)39-21(5)42(28)6/h7-15,18-20,45H,1,16-17H2,2-6H3/t18-,19-,20+/m1/s1. The summed E-state index contributed by atoms with van der Waals surface area (Å²) >= 11 is 1.46. The summed E-state index contributed by atoms with van der Waals surface area (Å²) in [7, 11) is 1.97. The molecule has 1 aliphatic rings. The van der Waals surface area contributed by atoms with E-state index in [2.05, 4.69) is 6.58 Å². The monoisotopic (exact) mass is 668 g/mol. The Kier molecular flexibility index (Phi) is 7.87. The minimum atomic E-state index is -0.875. The number of rotatable bonds is 7. The van der Waals surface area contributed by atoms with Crippen LogP contribution >= 0.6 is 11.3 Å². The lowest BCUT2D eigenvalue weighted by atomic mass is 9.95. The molecule has 0 radical (unpaired) electrons. The lowest BCUT2D eigenvalue weighted by Crippen LogP contribution is -2.46. The number of aryl methyl sites for hydroxylation is 2. The molecule has 9 nitrogen and oxygen atoms in total. The van der Waals surface area contributed by atoms with Crippen molar-refractivity contribution < 1.29 is 23.4 Å². The van der Waals surface area contributed by atoms with Gasteiger partial charge in [0.2, 0.25) is 5.91 Å². The highest BCUT2D eigenvalue weighted by Gasteiger charge is 2.34. The van der Waals surface area contributed by atoms with Crippen molar-refractivity contribution in [2.24, 2.45) is 7.05 Å². The number of aromatic nitrogens is 5. The average molecular weight is 669 g/mol. The Morgan fingerprint density at radius 1 is 1.15 bits per heavy atom. The molecule has 3 atom stereocenters. The van der Waals surface area contributed by atoms with E-state index >= 15 is 4.39 Å². The number of ether oxygens (including phenoxy) is 1. The molecule has 0 fully saturated rings. The van der Waals surface area contributed by atoms with Gasteiger partial charge in [0.1, 0.15) is 41.2 Å². The van der Waals surface area contributed by atoms with E-state index in [1.165, 1.54) is 24.3 Å². The predicted molar refractivity (Wildman–Crippen MR) is 183 cm³/mol. The first-order chi connectivity index (χ1) is 23.0. The van der Waals surface area contributed by atoms with Crippen LogP contribution in [0.2, 0.25) is 0 Å². The Hall–Kier alpha value is -4.94. The fraction of sp³-hybridized carbons (Fsp3) is 0.278. The molecular weight excluding hydrogens is 634 g/mol. The second kappa shape index (κ2) is 11.9. The van der Waals surface area contributed by atoms with E-state index in [0.29, 0.717) is 34.6 Å². The van der Waals surface area contributed by atoms with E-state index in [1.807, 2.05) is 72.8 Å². The Labute approximate surface area is 279 Å². The van der Waals surface area contributed by atoms with E-state index in [4.69, 9.17) is 19.8 Å². The van der Waals surface area contributed by atoms with Crippen molar-refractivity contribution in [3.05, 3.63) is 83.7 Å². The summed E-state index contributed by atoms with van der Waals surface area (Å²) in [5.41, 5.74) is 5.29. The highest BCUT2D eigenvalue weighted by atomic mass is 32.1.